The molecule has 1 aromatic heterocycles. The van der Waals surface area contributed by atoms with E-state index in [4.69, 9.17) is 0 Å². The summed E-state index contributed by atoms with van der Waals surface area (Å²) in [7, 11) is 1.87. The molecule has 1 atom stereocenters. The molecule has 104 valence electrons. The molecule has 1 saturated heterocycles. The lowest BCUT2D eigenvalue weighted by Crippen LogP contribution is -2.44. The molecule has 0 radical (unpaired) electrons. The van der Waals surface area contributed by atoms with E-state index in [2.05, 4.69) is 24.1 Å². The molecule has 0 saturated carbocycles. The highest BCUT2D eigenvalue weighted by Crippen LogP contribution is 2.31. The van der Waals surface area contributed by atoms with Gasteiger partial charge in [-0.25, -0.2) is 0 Å². The van der Waals surface area contributed by atoms with Crippen molar-refractivity contribution in [3.63, 3.8) is 0 Å². The summed E-state index contributed by atoms with van der Waals surface area (Å²) in [6.45, 7) is 5.98. The van der Waals surface area contributed by atoms with Crippen LogP contribution < -0.4 is 5.32 Å². The minimum Gasteiger partial charge on any atom is -0.337 e. The van der Waals surface area contributed by atoms with Crippen LogP contribution in [0.3, 0.4) is 0 Å². The zero-order valence-corrected chi connectivity index (χ0v) is 12.0. The maximum absolute atomic E-state index is 12.5. The van der Waals surface area contributed by atoms with Gasteiger partial charge in [-0.15, -0.1) is 0 Å². The normalized spacial score (nSPS) is 23.2. The molecule has 1 fully saturated rings. The molecule has 1 aromatic rings. The lowest BCUT2D eigenvalue weighted by atomic mass is 9.83. The first-order chi connectivity index (χ1) is 9.02. The largest absolute Gasteiger partial charge is 0.337 e. The Morgan fingerprint density at radius 2 is 2.11 bits per heavy atom. The zero-order chi connectivity index (χ0) is 13.9. The topological polar surface area (TPSA) is 45.2 Å². The Morgan fingerprint density at radius 3 is 2.74 bits per heavy atom. The second-order valence-electron chi connectivity index (χ2n) is 6.07. The molecule has 2 rings (SSSR count). The Labute approximate surface area is 115 Å². The van der Waals surface area contributed by atoms with E-state index >= 15 is 0 Å². The molecular weight excluding hydrogens is 238 g/mol. The average Bonchev–Trinajstić information content (AvgIpc) is 2.51. The van der Waals surface area contributed by atoms with E-state index in [0.29, 0.717) is 6.54 Å². The molecule has 1 unspecified atom stereocenters. The first-order valence-electron chi connectivity index (χ1n) is 6.87. The van der Waals surface area contributed by atoms with Gasteiger partial charge in [0.05, 0.1) is 6.04 Å². The number of hydrogen-bond acceptors (Lipinski definition) is 3. The number of aromatic nitrogens is 1. The SMILES string of the molecule is CNC1CC(C)(C)CCN(Cc2ccncc2)C1=O. The number of hydrogen-bond donors (Lipinski definition) is 1. The van der Waals surface area contributed by atoms with Gasteiger partial charge < -0.3 is 10.2 Å². The third-order valence-corrected chi connectivity index (χ3v) is 3.90. The molecule has 2 heterocycles. The summed E-state index contributed by atoms with van der Waals surface area (Å²) in [5, 5.41) is 3.16. The molecule has 1 amide bonds. The van der Waals surface area contributed by atoms with Gasteiger partial charge >= 0.3 is 0 Å². The summed E-state index contributed by atoms with van der Waals surface area (Å²) in [6, 6.07) is 3.87. The van der Waals surface area contributed by atoms with Gasteiger partial charge in [0.2, 0.25) is 5.91 Å². The molecule has 1 aliphatic heterocycles. The van der Waals surface area contributed by atoms with Crippen LogP contribution in [0.2, 0.25) is 0 Å². The van der Waals surface area contributed by atoms with Crippen LogP contribution in [0, 0.1) is 5.41 Å². The molecule has 0 spiro atoms. The van der Waals surface area contributed by atoms with Gasteiger partial charge in [0.1, 0.15) is 0 Å². The van der Waals surface area contributed by atoms with Crippen molar-refractivity contribution in [1.29, 1.82) is 0 Å². The van der Waals surface area contributed by atoms with Crippen LogP contribution in [-0.2, 0) is 11.3 Å². The summed E-state index contributed by atoms with van der Waals surface area (Å²) < 4.78 is 0. The van der Waals surface area contributed by atoms with Crippen LogP contribution in [0.4, 0.5) is 0 Å². The van der Waals surface area contributed by atoms with E-state index < -0.39 is 0 Å². The van der Waals surface area contributed by atoms with Gasteiger partial charge in [-0.05, 0) is 43.0 Å². The molecule has 0 bridgehead atoms. The number of carbonyl (C=O) groups is 1. The Kier molecular flexibility index (Phi) is 4.20. The predicted octanol–water partition coefficient (Wildman–Crippen LogP) is 1.82. The first kappa shape index (κ1) is 14.0. The van der Waals surface area contributed by atoms with Crippen molar-refractivity contribution in [3.05, 3.63) is 30.1 Å². The summed E-state index contributed by atoms with van der Waals surface area (Å²) in [5.41, 5.74) is 1.34. The van der Waals surface area contributed by atoms with Crippen LogP contribution in [0.15, 0.2) is 24.5 Å². The molecule has 4 nitrogen and oxygen atoms in total. The first-order valence-corrected chi connectivity index (χ1v) is 6.87. The number of rotatable bonds is 3. The van der Waals surface area contributed by atoms with E-state index in [1.807, 2.05) is 24.1 Å². The summed E-state index contributed by atoms with van der Waals surface area (Å²) in [5.74, 6) is 0.213. The summed E-state index contributed by atoms with van der Waals surface area (Å²) in [4.78, 5) is 18.5. The number of carbonyl (C=O) groups excluding carboxylic acids is 1. The van der Waals surface area contributed by atoms with Crippen molar-refractivity contribution in [2.75, 3.05) is 13.6 Å². The maximum atomic E-state index is 12.5. The van der Waals surface area contributed by atoms with Crippen molar-refractivity contribution >= 4 is 5.91 Å². The van der Waals surface area contributed by atoms with E-state index in [1.54, 1.807) is 12.4 Å². The standard InChI is InChI=1S/C15H23N3O/c1-15(2)6-9-18(14(19)13(10-15)16-3)11-12-4-7-17-8-5-12/h4-5,7-8,13,16H,6,9-11H2,1-3H3. The molecule has 0 aromatic carbocycles. The Balaban J connectivity index is 2.13. The molecule has 1 aliphatic rings. The summed E-state index contributed by atoms with van der Waals surface area (Å²) >= 11 is 0. The third kappa shape index (κ3) is 3.53. The second kappa shape index (κ2) is 5.70. The minimum atomic E-state index is -0.0701. The fourth-order valence-corrected chi connectivity index (χ4v) is 2.60. The molecule has 19 heavy (non-hydrogen) atoms. The van der Waals surface area contributed by atoms with Crippen molar-refractivity contribution < 1.29 is 4.79 Å². The fourth-order valence-electron chi connectivity index (χ4n) is 2.60. The second-order valence-corrected chi connectivity index (χ2v) is 6.07. The van der Waals surface area contributed by atoms with Crippen LogP contribution >= 0.6 is 0 Å². The monoisotopic (exact) mass is 261 g/mol. The van der Waals surface area contributed by atoms with Crippen LogP contribution in [0.1, 0.15) is 32.3 Å². The smallest absolute Gasteiger partial charge is 0.240 e. The number of likely N-dealkylation sites (tertiary alicyclic amines) is 1. The highest BCUT2D eigenvalue weighted by Gasteiger charge is 2.34. The maximum Gasteiger partial charge on any atom is 0.240 e. The van der Waals surface area contributed by atoms with Crippen molar-refractivity contribution in [3.8, 4) is 0 Å². The van der Waals surface area contributed by atoms with Gasteiger partial charge in [0.15, 0.2) is 0 Å². The fraction of sp³-hybridized carbons (Fsp3) is 0.600. The van der Waals surface area contributed by atoms with Gasteiger partial charge in [0.25, 0.3) is 0 Å². The van der Waals surface area contributed by atoms with E-state index in [-0.39, 0.29) is 17.4 Å². The lowest BCUT2D eigenvalue weighted by molar-refractivity contribution is -0.133. The summed E-state index contributed by atoms with van der Waals surface area (Å²) in [6.07, 6.45) is 5.49. The van der Waals surface area contributed by atoms with Crippen LogP contribution in [0.25, 0.3) is 0 Å². The van der Waals surface area contributed by atoms with E-state index in [1.165, 1.54) is 0 Å². The molecule has 0 aliphatic carbocycles. The minimum absolute atomic E-state index is 0.0701. The Morgan fingerprint density at radius 1 is 1.42 bits per heavy atom. The molecule has 1 N–H and O–H groups in total. The lowest BCUT2D eigenvalue weighted by Gasteiger charge is -2.24. The number of nitrogens with zero attached hydrogens (tertiary/aromatic N) is 2. The Hall–Kier alpha value is -1.42. The zero-order valence-electron chi connectivity index (χ0n) is 12.0. The average molecular weight is 261 g/mol. The van der Waals surface area contributed by atoms with Gasteiger partial charge in [0, 0.05) is 25.5 Å². The number of likely N-dealkylation sites (N-methyl/N-ethyl adjacent to an activating group) is 1. The van der Waals surface area contributed by atoms with E-state index in [0.717, 1.165) is 24.9 Å². The van der Waals surface area contributed by atoms with Gasteiger partial charge in [-0.1, -0.05) is 13.8 Å². The number of pyridine rings is 1. The highest BCUT2D eigenvalue weighted by molar-refractivity contribution is 5.82. The predicted molar refractivity (Wildman–Crippen MR) is 75.5 cm³/mol. The van der Waals surface area contributed by atoms with E-state index in [9.17, 15) is 4.79 Å². The van der Waals surface area contributed by atoms with Gasteiger partial charge in [-0.2, -0.15) is 0 Å². The van der Waals surface area contributed by atoms with Crippen molar-refractivity contribution in [2.24, 2.45) is 5.41 Å². The third-order valence-electron chi connectivity index (χ3n) is 3.90. The molecule has 4 heteroatoms. The highest BCUT2D eigenvalue weighted by atomic mass is 16.2. The molecular formula is C15H23N3O. The van der Waals surface area contributed by atoms with Crippen molar-refractivity contribution in [2.45, 2.75) is 39.3 Å². The quantitative estimate of drug-likeness (QED) is 0.902. The van der Waals surface area contributed by atoms with Gasteiger partial charge in [-0.3, -0.25) is 9.78 Å². The van der Waals surface area contributed by atoms with Crippen LogP contribution in [-0.4, -0.2) is 35.4 Å². The van der Waals surface area contributed by atoms with Crippen molar-refractivity contribution in [1.82, 2.24) is 15.2 Å². The number of amides is 1. The van der Waals surface area contributed by atoms with Crippen LogP contribution in [0.5, 0.6) is 0 Å². The Bertz CT molecular complexity index is 430. The number of nitrogens with one attached hydrogen (secondary N) is 1.